The number of aliphatic carboxylic acids is 1. The van der Waals surface area contributed by atoms with E-state index in [2.05, 4.69) is 10.6 Å². The lowest BCUT2D eigenvalue weighted by atomic mass is 10.0. The van der Waals surface area contributed by atoms with Gasteiger partial charge in [0.15, 0.2) is 0 Å². The first-order valence-electron chi connectivity index (χ1n) is 5.64. The minimum Gasteiger partial charge on any atom is -0.481 e. The number of carbonyl (C=O) groups excluding carboxylic acids is 1. The summed E-state index contributed by atoms with van der Waals surface area (Å²) in [6.45, 7) is 0. The molecule has 0 radical (unpaired) electrons. The van der Waals surface area contributed by atoms with Crippen molar-refractivity contribution in [1.29, 1.82) is 0 Å². The van der Waals surface area contributed by atoms with E-state index >= 15 is 0 Å². The average Bonchev–Trinajstić information content (AvgIpc) is 2.35. The van der Waals surface area contributed by atoms with Crippen LogP contribution in [0.1, 0.15) is 23.2 Å². The number of fused-ring (bicyclic) bond motifs is 1. The van der Waals surface area contributed by atoms with Crippen LogP contribution in [0.15, 0.2) is 18.2 Å². The molecule has 1 unspecified atom stereocenters. The number of rotatable bonds is 4. The predicted octanol–water partition coefficient (Wildman–Crippen LogP) is 0.982. The number of carboxylic acids is 2. The van der Waals surface area contributed by atoms with Crippen LogP contribution in [0, 0.1) is 0 Å². The zero-order valence-electron chi connectivity index (χ0n) is 9.84. The van der Waals surface area contributed by atoms with Crippen LogP contribution in [0.3, 0.4) is 0 Å². The molecule has 1 aromatic carbocycles. The van der Waals surface area contributed by atoms with Gasteiger partial charge in [0.1, 0.15) is 6.04 Å². The van der Waals surface area contributed by atoms with Crippen LogP contribution in [-0.4, -0.2) is 34.1 Å². The van der Waals surface area contributed by atoms with E-state index in [0.717, 1.165) is 0 Å². The monoisotopic (exact) mass is 264 g/mol. The first-order chi connectivity index (χ1) is 8.99. The molecular formula is C12H12N2O5. The Kier molecular flexibility index (Phi) is 3.37. The molecule has 1 aromatic rings. The maximum absolute atomic E-state index is 11.7. The molecule has 1 aliphatic rings. The van der Waals surface area contributed by atoms with Crippen molar-refractivity contribution in [3.8, 4) is 0 Å². The largest absolute Gasteiger partial charge is 0.481 e. The van der Waals surface area contributed by atoms with Gasteiger partial charge in [-0.1, -0.05) is 6.07 Å². The van der Waals surface area contributed by atoms with Crippen LogP contribution in [0.25, 0.3) is 0 Å². The van der Waals surface area contributed by atoms with Crippen LogP contribution < -0.4 is 10.6 Å². The summed E-state index contributed by atoms with van der Waals surface area (Å²) in [5.74, 6) is -2.49. The van der Waals surface area contributed by atoms with Crippen molar-refractivity contribution in [2.75, 3.05) is 10.6 Å². The van der Waals surface area contributed by atoms with Gasteiger partial charge in [0.2, 0.25) is 5.91 Å². The minimum absolute atomic E-state index is 0.0397. The predicted molar refractivity (Wildman–Crippen MR) is 66.3 cm³/mol. The van der Waals surface area contributed by atoms with E-state index < -0.39 is 18.0 Å². The summed E-state index contributed by atoms with van der Waals surface area (Å²) in [7, 11) is 0. The highest BCUT2D eigenvalue weighted by Gasteiger charge is 2.28. The molecular weight excluding hydrogens is 252 g/mol. The maximum atomic E-state index is 11.7. The topological polar surface area (TPSA) is 116 Å². The summed E-state index contributed by atoms with van der Waals surface area (Å²) >= 11 is 0. The molecule has 100 valence electrons. The minimum atomic E-state index is -1.11. The van der Waals surface area contributed by atoms with Crippen LogP contribution in [0.4, 0.5) is 11.4 Å². The van der Waals surface area contributed by atoms with E-state index in [1.807, 2.05) is 0 Å². The van der Waals surface area contributed by atoms with E-state index in [0.29, 0.717) is 11.4 Å². The number of para-hydroxylation sites is 1. The van der Waals surface area contributed by atoms with E-state index in [-0.39, 0.29) is 24.3 Å². The Bertz CT molecular complexity index is 555. The first-order valence-corrected chi connectivity index (χ1v) is 5.64. The fourth-order valence-corrected chi connectivity index (χ4v) is 1.92. The fraction of sp³-hybridized carbons (Fsp3) is 0.250. The van der Waals surface area contributed by atoms with E-state index in [9.17, 15) is 14.4 Å². The highest BCUT2D eigenvalue weighted by atomic mass is 16.4. The Morgan fingerprint density at radius 3 is 2.63 bits per heavy atom. The Morgan fingerprint density at radius 2 is 2.00 bits per heavy atom. The highest BCUT2D eigenvalue weighted by molar-refractivity contribution is 6.08. The molecule has 19 heavy (non-hydrogen) atoms. The summed E-state index contributed by atoms with van der Waals surface area (Å²) in [6, 6.07) is 3.78. The number of nitrogens with one attached hydrogen (secondary N) is 2. The second-order valence-electron chi connectivity index (χ2n) is 4.15. The van der Waals surface area contributed by atoms with Crippen LogP contribution in [0.2, 0.25) is 0 Å². The van der Waals surface area contributed by atoms with Crippen molar-refractivity contribution in [3.05, 3.63) is 23.8 Å². The van der Waals surface area contributed by atoms with Crippen molar-refractivity contribution in [2.45, 2.75) is 18.9 Å². The third-order valence-electron chi connectivity index (χ3n) is 2.83. The van der Waals surface area contributed by atoms with Crippen molar-refractivity contribution in [3.63, 3.8) is 0 Å². The molecule has 1 atom stereocenters. The van der Waals surface area contributed by atoms with Gasteiger partial charge in [-0.2, -0.15) is 0 Å². The molecule has 0 aliphatic carbocycles. The number of hydrogen-bond donors (Lipinski definition) is 4. The number of benzene rings is 1. The summed E-state index contributed by atoms with van der Waals surface area (Å²) in [4.78, 5) is 33.3. The Labute approximate surface area is 108 Å². The first kappa shape index (κ1) is 12.9. The van der Waals surface area contributed by atoms with Gasteiger partial charge in [0, 0.05) is 6.42 Å². The normalized spacial score (nSPS) is 17.1. The molecule has 4 N–H and O–H groups in total. The molecule has 0 fully saturated rings. The van der Waals surface area contributed by atoms with Gasteiger partial charge in [0.25, 0.3) is 0 Å². The number of amides is 1. The van der Waals surface area contributed by atoms with E-state index in [1.165, 1.54) is 12.1 Å². The van der Waals surface area contributed by atoms with Gasteiger partial charge in [-0.15, -0.1) is 0 Å². The van der Waals surface area contributed by atoms with Gasteiger partial charge in [-0.25, -0.2) is 4.79 Å². The summed E-state index contributed by atoms with van der Waals surface area (Å²) < 4.78 is 0. The lowest BCUT2D eigenvalue weighted by Crippen LogP contribution is -2.39. The summed E-state index contributed by atoms with van der Waals surface area (Å²) in [6.07, 6.45) is -0.0791. The Balaban J connectivity index is 2.27. The molecule has 0 bridgehead atoms. The molecule has 1 heterocycles. The van der Waals surface area contributed by atoms with Crippen molar-refractivity contribution in [2.24, 2.45) is 0 Å². The standard InChI is InChI=1S/C12H12N2O5/c15-9(16)5-4-8-11(17)14-7-3-1-2-6(12(18)19)10(7)13-8/h1-3,8,13H,4-5H2,(H,14,17)(H,15,16)(H,18,19). The van der Waals surface area contributed by atoms with Gasteiger partial charge < -0.3 is 20.8 Å². The summed E-state index contributed by atoms with van der Waals surface area (Å²) in [5.41, 5.74) is 0.735. The third kappa shape index (κ3) is 2.65. The SMILES string of the molecule is O=C(O)CCC1Nc2c(cccc2C(=O)O)NC1=O. The summed E-state index contributed by atoms with van der Waals surface area (Å²) in [5, 5.41) is 23.0. The average molecular weight is 264 g/mol. The number of hydrogen-bond acceptors (Lipinski definition) is 4. The van der Waals surface area contributed by atoms with E-state index in [4.69, 9.17) is 10.2 Å². The molecule has 1 aliphatic heterocycles. The molecule has 1 amide bonds. The molecule has 7 nitrogen and oxygen atoms in total. The second-order valence-corrected chi connectivity index (χ2v) is 4.15. The maximum Gasteiger partial charge on any atom is 0.337 e. The van der Waals surface area contributed by atoms with Crippen LogP contribution in [0.5, 0.6) is 0 Å². The third-order valence-corrected chi connectivity index (χ3v) is 2.83. The lowest BCUT2D eigenvalue weighted by molar-refractivity contribution is -0.137. The van der Waals surface area contributed by atoms with Crippen molar-refractivity contribution >= 4 is 29.2 Å². The molecule has 2 rings (SSSR count). The number of carbonyl (C=O) groups is 3. The number of anilines is 2. The lowest BCUT2D eigenvalue weighted by Gasteiger charge is -2.27. The zero-order valence-corrected chi connectivity index (χ0v) is 9.84. The molecule has 0 aromatic heterocycles. The number of carboxylic acid groups (broad SMARTS) is 2. The van der Waals surface area contributed by atoms with Gasteiger partial charge in [-0.05, 0) is 18.6 Å². The molecule has 7 heteroatoms. The zero-order chi connectivity index (χ0) is 14.0. The van der Waals surface area contributed by atoms with Gasteiger partial charge in [-0.3, -0.25) is 9.59 Å². The Hall–Kier alpha value is -2.57. The van der Waals surface area contributed by atoms with Crippen LogP contribution >= 0.6 is 0 Å². The fourth-order valence-electron chi connectivity index (χ4n) is 1.92. The van der Waals surface area contributed by atoms with Crippen molar-refractivity contribution in [1.82, 2.24) is 0 Å². The molecule has 0 saturated carbocycles. The van der Waals surface area contributed by atoms with Crippen LogP contribution in [-0.2, 0) is 9.59 Å². The van der Waals surface area contributed by atoms with E-state index in [1.54, 1.807) is 6.07 Å². The molecule has 0 spiro atoms. The molecule has 0 saturated heterocycles. The number of aromatic carboxylic acids is 1. The van der Waals surface area contributed by atoms with Crippen molar-refractivity contribution < 1.29 is 24.6 Å². The highest BCUT2D eigenvalue weighted by Crippen LogP contribution is 2.31. The van der Waals surface area contributed by atoms with Gasteiger partial charge >= 0.3 is 11.9 Å². The quantitative estimate of drug-likeness (QED) is 0.644. The van der Waals surface area contributed by atoms with Gasteiger partial charge in [0.05, 0.1) is 16.9 Å². The smallest absolute Gasteiger partial charge is 0.337 e. The Morgan fingerprint density at radius 1 is 1.26 bits per heavy atom. The second kappa shape index (κ2) is 4.97.